The van der Waals surface area contributed by atoms with Gasteiger partial charge in [0.25, 0.3) is 0 Å². The molecule has 0 spiro atoms. The van der Waals surface area contributed by atoms with E-state index >= 15 is 0 Å². The van der Waals surface area contributed by atoms with Gasteiger partial charge in [0.1, 0.15) is 12.4 Å². The van der Waals surface area contributed by atoms with Crippen molar-refractivity contribution in [1.82, 2.24) is 20.1 Å². The summed E-state index contributed by atoms with van der Waals surface area (Å²) in [4.78, 5) is 22.4. The van der Waals surface area contributed by atoms with Crippen LogP contribution in [0.5, 0.6) is 5.75 Å². The summed E-state index contributed by atoms with van der Waals surface area (Å²) in [5.74, 6) is 0.759. The van der Waals surface area contributed by atoms with Gasteiger partial charge in [0, 0.05) is 12.1 Å². The van der Waals surface area contributed by atoms with Crippen LogP contribution in [0.25, 0.3) is 0 Å². The van der Waals surface area contributed by atoms with Gasteiger partial charge in [-0.15, -0.1) is 10.2 Å². The number of ether oxygens (including phenoxy) is 1. The fraction of sp³-hybridized carbons (Fsp3) is 0.286. The highest BCUT2D eigenvalue weighted by Gasteiger charge is 2.19. The lowest BCUT2D eigenvalue weighted by Crippen LogP contribution is -2.39. The first-order valence-corrected chi connectivity index (χ1v) is 8.16. The Morgan fingerprint density at radius 1 is 1.38 bits per heavy atom. The second-order valence-corrected chi connectivity index (χ2v) is 6.56. The Hall–Kier alpha value is -2.26. The van der Waals surface area contributed by atoms with Gasteiger partial charge in [0.15, 0.2) is 11.0 Å². The van der Waals surface area contributed by atoms with E-state index in [1.807, 2.05) is 5.32 Å². The van der Waals surface area contributed by atoms with Gasteiger partial charge < -0.3 is 15.0 Å². The number of rotatable bonds is 6. The van der Waals surface area contributed by atoms with Crippen LogP contribution < -0.4 is 15.8 Å². The van der Waals surface area contributed by atoms with Gasteiger partial charge in [-0.1, -0.05) is 23.4 Å². The minimum Gasteiger partial charge on any atom is -0.486 e. The number of urea groups is 1. The Balaban J connectivity index is 1.96. The molecule has 0 radical (unpaired) electrons. The summed E-state index contributed by atoms with van der Waals surface area (Å²) in [7, 11) is 1.77. The zero-order valence-electron chi connectivity index (χ0n) is 13.0. The first kappa shape index (κ1) is 18.1. The van der Waals surface area contributed by atoms with Crippen molar-refractivity contribution in [3.8, 4) is 5.75 Å². The molecular formula is C14H16ClN5O3S. The van der Waals surface area contributed by atoms with Crippen LogP contribution in [0, 0.1) is 0 Å². The van der Waals surface area contributed by atoms with Gasteiger partial charge in [-0.05, 0) is 31.2 Å². The monoisotopic (exact) mass is 369 g/mol. The summed E-state index contributed by atoms with van der Waals surface area (Å²) in [6.45, 7) is 1.86. The molecule has 1 aromatic carbocycles. The standard InChI is InChI=1S/C14H16ClN5O3S/c1-8(12(21)17-13(16)22)24-14-19-18-11(20(14)2)7-23-10-5-3-9(15)4-6-10/h3-6,8H,7H2,1-2H3,(H3,16,17,21,22)/t8-/m0/s1. The van der Waals surface area contributed by atoms with E-state index in [-0.39, 0.29) is 6.61 Å². The molecule has 1 heterocycles. The smallest absolute Gasteiger partial charge is 0.318 e. The highest BCUT2D eigenvalue weighted by Crippen LogP contribution is 2.22. The van der Waals surface area contributed by atoms with Crippen LogP contribution in [-0.4, -0.2) is 32.0 Å². The van der Waals surface area contributed by atoms with Crippen molar-refractivity contribution in [2.24, 2.45) is 12.8 Å². The minimum absolute atomic E-state index is 0.216. The molecule has 24 heavy (non-hydrogen) atoms. The van der Waals surface area contributed by atoms with Gasteiger partial charge in [-0.25, -0.2) is 4.79 Å². The molecule has 1 atom stereocenters. The third-order valence-corrected chi connectivity index (χ3v) is 4.39. The number of nitrogens with two attached hydrogens (primary N) is 1. The molecule has 10 heteroatoms. The average Bonchev–Trinajstić information content (AvgIpc) is 2.86. The molecule has 0 saturated heterocycles. The number of nitrogens with zero attached hydrogens (tertiary/aromatic N) is 3. The van der Waals surface area contributed by atoms with Crippen molar-refractivity contribution < 1.29 is 14.3 Å². The van der Waals surface area contributed by atoms with Crippen LogP contribution in [0.1, 0.15) is 12.7 Å². The number of hydrogen-bond acceptors (Lipinski definition) is 6. The number of nitrogens with one attached hydrogen (secondary N) is 1. The van der Waals surface area contributed by atoms with Crippen LogP contribution in [-0.2, 0) is 18.4 Å². The number of hydrogen-bond donors (Lipinski definition) is 2. The number of benzene rings is 1. The number of primary amides is 1. The van der Waals surface area contributed by atoms with E-state index in [1.54, 1.807) is 42.8 Å². The molecule has 0 aliphatic heterocycles. The molecule has 1 aromatic heterocycles. The third-order valence-electron chi connectivity index (χ3n) is 3.00. The minimum atomic E-state index is -0.887. The molecule has 0 aliphatic carbocycles. The lowest BCUT2D eigenvalue weighted by atomic mass is 10.3. The van der Waals surface area contributed by atoms with Gasteiger partial charge >= 0.3 is 6.03 Å². The molecule has 128 valence electrons. The predicted molar refractivity (Wildman–Crippen MR) is 89.8 cm³/mol. The van der Waals surface area contributed by atoms with Crippen LogP contribution in [0.2, 0.25) is 5.02 Å². The van der Waals surface area contributed by atoms with E-state index in [0.717, 1.165) is 11.8 Å². The number of aromatic nitrogens is 3. The zero-order valence-corrected chi connectivity index (χ0v) is 14.6. The summed E-state index contributed by atoms with van der Waals surface area (Å²) in [6, 6.07) is 6.08. The number of amides is 3. The molecule has 0 fully saturated rings. The van der Waals surface area contributed by atoms with Gasteiger partial charge in [-0.3, -0.25) is 10.1 Å². The van der Waals surface area contributed by atoms with Crippen LogP contribution >= 0.6 is 23.4 Å². The van der Waals surface area contributed by atoms with E-state index in [2.05, 4.69) is 10.2 Å². The fourth-order valence-corrected chi connectivity index (χ4v) is 2.65. The maximum absolute atomic E-state index is 11.7. The largest absolute Gasteiger partial charge is 0.486 e. The van der Waals surface area contributed by atoms with Gasteiger partial charge in [-0.2, -0.15) is 0 Å². The maximum atomic E-state index is 11.7. The first-order chi connectivity index (χ1) is 11.4. The van der Waals surface area contributed by atoms with E-state index < -0.39 is 17.2 Å². The first-order valence-electron chi connectivity index (χ1n) is 6.90. The van der Waals surface area contributed by atoms with Crippen molar-refractivity contribution in [3.05, 3.63) is 35.1 Å². The van der Waals surface area contributed by atoms with E-state index in [1.165, 1.54) is 0 Å². The predicted octanol–water partition coefficient (Wildman–Crippen LogP) is 1.72. The number of carbonyl (C=O) groups is 2. The lowest BCUT2D eigenvalue weighted by Gasteiger charge is -2.10. The number of carbonyl (C=O) groups excluding carboxylic acids is 2. The summed E-state index contributed by atoms with van der Waals surface area (Å²) < 4.78 is 7.33. The van der Waals surface area contributed by atoms with E-state index in [0.29, 0.717) is 21.8 Å². The normalized spacial score (nSPS) is 11.8. The van der Waals surface area contributed by atoms with Crippen molar-refractivity contribution >= 4 is 35.3 Å². The van der Waals surface area contributed by atoms with Crippen LogP contribution in [0.3, 0.4) is 0 Å². The Kier molecular flexibility index (Phi) is 6.04. The van der Waals surface area contributed by atoms with Gasteiger partial charge in [0.05, 0.1) is 5.25 Å². The molecular weight excluding hydrogens is 354 g/mol. The highest BCUT2D eigenvalue weighted by molar-refractivity contribution is 8.00. The Bertz CT molecular complexity index is 735. The Labute approximate surface area is 147 Å². The topological polar surface area (TPSA) is 112 Å². The molecule has 0 bridgehead atoms. The lowest BCUT2D eigenvalue weighted by molar-refractivity contribution is -0.119. The quantitative estimate of drug-likeness (QED) is 0.750. The molecule has 3 amide bonds. The number of imide groups is 1. The molecule has 3 N–H and O–H groups in total. The highest BCUT2D eigenvalue weighted by atomic mass is 35.5. The van der Waals surface area contributed by atoms with Crippen molar-refractivity contribution in [2.45, 2.75) is 23.9 Å². The average molecular weight is 370 g/mol. The molecule has 0 saturated carbocycles. The van der Waals surface area contributed by atoms with E-state index in [9.17, 15) is 9.59 Å². The van der Waals surface area contributed by atoms with Crippen LogP contribution in [0.4, 0.5) is 4.79 Å². The maximum Gasteiger partial charge on any atom is 0.318 e. The van der Waals surface area contributed by atoms with Crippen molar-refractivity contribution in [3.63, 3.8) is 0 Å². The molecule has 2 aromatic rings. The Morgan fingerprint density at radius 2 is 2.04 bits per heavy atom. The summed E-state index contributed by atoms with van der Waals surface area (Å²) in [5.41, 5.74) is 4.92. The van der Waals surface area contributed by atoms with Crippen molar-refractivity contribution in [1.29, 1.82) is 0 Å². The third kappa shape index (κ3) is 4.87. The summed E-state index contributed by atoms with van der Waals surface area (Å²) in [6.07, 6.45) is 0. The number of halogens is 1. The molecule has 2 rings (SSSR count). The summed E-state index contributed by atoms with van der Waals surface area (Å²) >= 11 is 6.98. The second kappa shape index (κ2) is 8.02. The molecule has 8 nitrogen and oxygen atoms in total. The van der Waals surface area contributed by atoms with E-state index in [4.69, 9.17) is 22.1 Å². The summed E-state index contributed by atoms with van der Waals surface area (Å²) in [5, 5.41) is 10.7. The fourth-order valence-electron chi connectivity index (χ4n) is 1.69. The Morgan fingerprint density at radius 3 is 2.67 bits per heavy atom. The zero-order chi connectivity index (χ0) is 17.7. The molecule has 0 aliphatic rings. The SMILES string of the molecule is C[C@H](Sc1nnc(COc2ccc(Cl)cc2)n1C)C(=O)NC(N)=O. The molecule has 0 unspecified atom stereocenters. The number of thioether (sulfide) groups is 1. The second-order valence-electron chi connectivity index (χ2n) is 4.81. The van der Waals surface area contributed by atoms with Crippen LogP contribution in [0.15, 0.2) is 29.4 Å². The van der Waals surface area contributed by atoms with Gasteiger partial charge in [0.2, 0.25) is 5.91 Å². The van der Waals surface area contributed by atoms with Crippen molar-refractivity contribution in [2.75, 3.05) is 0 Å².